The summed E-state index contributed by atoms with van der Waals surface area (Å²) in [7, 11) is 0. The van der Waals surface area contributed by atoms with Crippen LogP contribution in [-0.4, -0.2) is 30.1 Å². The Morgan fingerprint density at radius 1 is 1.21 bits per heavy atom. The highest BCUT2D eigenvalue weighted by atomic mass is 32.1. The minimum absolute atomic E-state index is 0.255. The number of esters is 1. The highest BCUT2D eigenvalue weighted by Crippen LogP contribution is 2.32. The first-order valence-corrected chi connectivity index (χ1v) is 8.18. The van der Waals surface area contributed by atoms with Crippen molar-refractivity contribution >= 4 is 32.7 Å². The number of ether oxygens (including phenoxy) is 1. The summed E-state index contributed by atoms with van der Waals surface area (Å²) in [4.78, 5) is 18.5. The fourth-order valence-electron chi connectivity index (χ4n) is 2.53. The molecule has 4 nitrogen and oxygen atoms in total. The van der Waals surface area contributed by atoms with E-state index < -0.39 is 17.6 Å². The Kier molecular flexibility index (Phi) is 3.65. The number of anilines is 1. The first-order valence-electron chi connectivity index (χ1n) is 7.37. The number of rotatable bonds is 3. The Balaban J connectivity index is 1.39. The number of hydrogen-bond acceptors (Lipinski definition) is 5. The summed E-state index contributed by atoms with van der Waals surface area (Å²) >= 11 is 1.58. The van der Waals surface area contributed by atoms with E-state index in [1.54, 1.807) is 11.3 Å². The van der Waals surface area contributed by atoms with E-state index in [-0.39, 0.29) is 11.7 Å². The van der Waals surface area contributed by atoms with Gasteiger partial charge in [0.2, 0.25) is 0 Å². The lowest BCUT2D eigenvalue weighted by atomic mass is 10.1. The zero-order chi connectivity index (χ0) is 16.7. The topological polar surface area (TPSA) is 42.4 Å². The van der Waals surface area contributed by atoms with Gasteiger partial charge < -0.3 is 9.64 Å². The normalized spacial score (nSPS) is 14.7. The van der Waals surface area contributed by atoms with Crippen LogP contribution in [0.3, 0.4) is 0 Å². The number of fused-ring (bicyclic) bond motifs is 1. The molecule has 2 aromatic carbocycles. The number of carbonyl (C=O) groups excluding carboxylic acids is 1. The molecule has 1 aromatic heterocycles. The standard InChI is InChI=1S/C17H12F2N2O2S/c18-10-5-6-12(13(19)7-10)16(22)23-11-8-21(9-11)17-20-14-3-1-2-4-15(14)24-17/h1-7,11H,8-9H2. The number of para-hydroxylation sites is 1. The van der Waals surface area contributed by atoms with E-state index in [1.807, 2.05) is 29.2 Å². The SMILES string of the molecule is O=C(OC1CN(c2nc3ccccc3s2)C1)c1ccc(F)cc1F. The van der Waals surface area contributed by atoms with Gasteiger partial charge in [-0.25, -0.2) is 18.6 Å². The molecule has 0 spiro atoms. The fourth-order valence-corrected chi connectivity index (χ4v) is 3.52. The third-order valence-corrected chi connectivity index (χ3v) is 4.92. The zero-order valence-electron chi connectivity index (χ0n) is 12.4. The molecule has 0 saturated carbocycles. The van der Waals surface area contributed by atoms with Crippen LogP contribution in [0.1, 0.15) is 10.4 Å². The Morgan fingerprint density at radius 3 is 2.75 bits per heavy atom. The molecule has 2 heterocycles. The minimum atomic E-state index is -0.914. The molecule has 3 aromatic rings. The summed E-state index contributed by atoms with van der Waals surface area (Å²) < 4.78 is 32.8. The van der Waals surface area contributed by atoms with Gasteiger partial charge in [0.15, 0.2) is 5.13 Å². The summed E-state index contributed by atoms with van der Waals surface area (Å²) in [5, 5.41) is 0.872. The van der Waals surface area contributed by atoms with Gasteiger partial charge in [-0.3, -0.25) is 0 Å². The summed E-state index contributed by atoms with van der Waals surface area (Å²) in [6, 6.07) is 10.6. The van der Waals surface area contributed by atoms with Crippen molar-refractivity contribution in [1.29, 1.82) is 0 Å². The molecule has 0 N–H and O–H groups in total. The maximum Gasteiger partial charge on any atom is 0.341 e. The molecule has 24 heavy (non-hydrogen) atoms. The molecule has 7 heteroatoms. The van der Waals surface area contributed by atoms with Crippen molar-refractivity contribution in [2.24, 2.45) is 0 Å². The van der Waals surface area contributed by atoms with E-state index in [0.29, 0.717) is 19.2 Å². The molecule has 1 aliphatic rings. The number of hydrogen-bond donors (Lipinski definition) is 0. The molecule has 0 aliphatic carbocycles. The second-order valence-electron chi connectivity index (χ2n) is 5.52. The average molecular weight is 346 g/mol. The van der Waals surface area contributed by atoms with Crippen LogP contribution >= 0.6 is 11.3 Å². The Labute approximate surface area is 140 Å². The number of thiazole rings is 1. The Bertz CT molecular complexity index is 889. The van der Waals surface area contributed by atoms with Gasteiger partial charge in [-0.2, -0.15) is 0 Å². The van der Waals surface area contributed by atoms with Crippen molar-refractivity contribution < 1.29 is 18.3 Å². The van der Waals surface area contributed by atoms with Gasteiger partial charge in [-0.15, -0.1) is 0 Å². The van der Waals surface area contributed by atoms with E-state index in [0.717, 1.165) is 27.5 Å². The molecule has 122 valence electrons. The van der Waals surface area contributed by atoms with Gasteiger partial charge in [0.25, 0.3) is 0 Å². The van der Waals surface area contributed by atoms with Crippen molar-refractivity contribution in [2.45, 2.75) is 6.10 Å². The van der Waals surface area contributed by atoms with Crippen LogP contribution < -0.4 is 4.90 Å². The Morgan fingerprint density at radius 2 is 2.00 bits per heavy atom. The minimum Gasteiger partial charge on any atom is -0.455 e. The average Bonchev–Trinajstić information content (AvgIpc) is 2.93. The van der Waals surface area contributed by atoms with Gasteiger partial charge in [0.05, 0.1) is 28.9 Å². The summed E-state index contributed by atoms with van der Waals surface area (Å²) in [6.07, 6.45) is -0.325. The zero-order valence-corrected chi connectivity index (χ0v) is 13.2. The lowest BCUT2D eigenvalue weighted by Gasteiger charge is -2.38. The number of aromatic nitrogens is 1. The molecular weight excluding hydrogens is 334 g/mol. The summed E-state index contributed by atoms with van der Waals surface area (Å²) in [6.45, 7) is 1.02. The number of nitrogens with zero attached hydrogens (tertiary/aromatic N) is 2. The monoisotopic (exact) mass is 346 g/mol. The van der Waals surface area contributed by atoms with E-state index in [9.17, 15) is 13.6 Å². The Hall–Kier alpha value is -2.54. The predicted molar refractivity (Wildman–Crippen MR) is 87.4 cm³/mol. The van der Waals surface area contributed by atoms with Crippen LogP contribution in [0.2, 0.25) is 0 Å². The molecule has 0 atom stereocenters. The van der Waals surface area contributed by atoms with Crippen LogP contribution in [0.4, 0.5) is 13.9 Å². The second-order valence-corrected chi connectivity index (χ2v) is 6.53. The van der Waals surface area contributed by atoms with Crippen molar-refractivity contribution in [2.75, 3.05) is 18.0 Å². The van der Waals surface area contributed by atoms with Gasteiger partial charge in [0.1, 0.15) is 17.7 Å². The van der Waals surface area contributed by atoms with Gasteiger partial charge in [-0.1, -0.05) is 23.5 Å². The van der Waals surface area contributed by atoms with E-state index in [1.165, 1.54) is 0 Å². The largest absolute Gasteiger partial charge is 0.455 e. The molecule has 0 amide bonds. The lowest BCUT2D eigenvalue weighted by molar-refractivity contribution is 0.0229. The van der Waals surface area contributed by atoms with Crippen LogP contribution in [0.5, 0.6) is 0 Å². The van der Waals surface area contributed by atoms with E-state index in [2.05, 4.69) is 4.98 Å². The summed E-state index contributed by atoms with van der Waals surface area (Å²) in [5.74, 6) is -2.42. The van der Waals surface area contributed by atoms with Crippen LogP contribution in [0.25, 0.3) is 10.2 Å². The highest BCUT2D eigenvalue weighted by Gasteiger charge is 2.32. The number of halogens is 2. The lowest BCUT2D eigenvalue weighted by Crippen LogP contribution is -2.53. The number of carbonyl (C=O) groups is 1. The van der Waals surface area contributed by atoms with Crippen molar-refractivity contribution in [1.82, 2.24) is 4.98 Å². The third-order valence-electron chi connectivity index (χ3n) is 3.83. The maximum atomic E-state index is 13.6. The van der Waals surface area contributed by atoms with E-state index >= 15 is 0 Å². The maximum absolute atomic E-state index is 13.6. The molecule has 4 rings (SSSR count). The van der Waals surface area contributed by atoms with Crippen LogP contribution in [0.15, 0.2) is 42.5 Å². The van der Waals surface area contributed by atoms with Crippen LogP contribution in [0, 0.1) is 11.6 Å². The number of benzene rings is 2. The van der Waals surface area contributed by atoms with Crippen molar-refractivity contribution in [3.05, 3.63) is 59.7 Å². The first-order chi connectivity index (χ1) is 11.6. The van der Waals surface area contributed by atoms with Gasteiger partial charge in [0, 0.05) is 6.07 Å². The summed E-state index contributed by atoms with van der Waals surface area (Å²) in [5.41, 5.74) is 0.682. The second kappa shape index (κ2) is 5.83. The quantitative estimate of drug-likeness (QED) is 0.680. The molecule has 1 fully saturated rings. The highest BCUT2D eigenvalue weighted by molar-refractivity contribution is 7.22. The van der Waals surface area contributed by atoms with Gasteiger partial charge in [-0.05, 0) is 24.3 Å². The van der Waals surface area contributed by atoms with Crippen LogP contribution in [-0.2, 0) is 4.74 Å². The van der Waals surface area contributed by atoms with Crippen molar-refractivity contribution in [3.8, 4) is 0 Å². The predicted octanol–water partition coefficient (Wildman–Crippen LogP) is 3.62. The molecule has 1 saturated heterocycles. The first kappa shape index (κ1) is 15.0. The van der Waals surface area contributed by atoms with Crippen molar-refractivity contribution in [3.63, 3.8) is 0 Å². The smallest absolute Gasteiger partial charge is 0.341 e. The molecule has 1 aliphatic heterocycles. The van der Waals surface area contributed by atoms with E-state index in [4.69, 9.17) is 4.74 Å². The molecule has 0 unspecified atom stereocenters. The molecule has 0 radical (unpaired) electrons. The third kappa shape index (κ3) is 2.71. The molecule has 0 bridgehead atoms. The molecular formula is C17H12F2N2O2S. The van der Waals surface area contributed by atoms with Gasteiger partial charge >= 0.3 is 5.97 Å². The fraction of sp³-hybridized carbons (Fsp3) is 0.176.